The second-order valence-corrected chi connectivity index (χ2v) is 13.3. The van der Waals surface area contributed by atoms with Gasteiger partial charge in [0.1, 0.15) is 12.6 Å². The Labute approximate surface area is 254 Å². The number of nitrogens with zero attached hydrogens (tertiary/aromatic N) is 2. The molecule has 224 valence electrons. The number of hydrogen-bond acceptors (Lipinski definition) is 4. The highest BCUT2D eigenvalue weighted by Gasteiger charge is 2.35. The van der Waals surface area contributed by atoms with Crippen LogP contribution in [0.2, 0.25) is 5.02 Å². The third-order valence-electron chi connectivity index (χ3n) is 7.85. The van der Waals surface area contributed by atoms with E-state index >= 15 is 0 Å². The van der Waals surface area contributed by atoms with Gasteiger partial charge in [0.15, 0.2) is 0 Å². The zero-order chi connectivity index (χ0) is 30.3. The summed E-state index contributed by atoms with van der Waals surface area (Å²) < 4.78 is 29.3. The topological polar surface area (TPSA) is 86.8 Å². The summed E-state index contributed by atoms with van der Waals surface area (Å²) in [5.74, 6) is -0.674. The first kappa shape index (κ1) is 31.6. The summed E-state index contributed by atoms with van der Waals surface area (Å²) >= 11 is 6.11. The largest absolute Gasteiger partial charge is 0.352 e. The molecule has 2 amide bonds. The maximum absolute atomic E-state index is 14.3. The Hall–Kier alpha value is -3.36. The molecule has 1 atom stereocenters. The highest BCUT2D eigenvalue weighted by atomic mass is 35.5. The van der Waals surface area contributed by atoms with Crippen molar-refractivity contribution >= 4 is 39.1 Å². The summed E-state index contributed by atoms with van der Waals surface area (Å²) in [6.07, 6.45) is 5.52. The summed E-state index contributed by atoms with van der Waals surface area (Å²) in [6.45, 7) is 5.26. The van der Waals surface area contributed by atoms with Crippen molar-refractivity contribution in [3.63, 3.8) is 0 Å². The molecule has 7 nitrogen and oxygen atoms in total. The van der Waals surface area contributed by atoms with Gasteiger partial charge in [0.2, 0.25) is 11.8 Å². The minimum atomic E-state index is -4.11. The van der Waals surface area contributed by atoms with Gasteiger partial charge in [-0.1, -0.05) is 80.3 Å². The number of carbonyl (C=O) groups excluding carboxylic acids is 2. The molecular weight excluding hydrogens is 570 g/mol. The zero-order valence-electron chi connectivity index (χ0n) is 24.6. The first-order valence-corrected chi connectivity index (χ1v) is 16.4. The molecule has 9 heteroatoms. The lowest BCUT2D eigenvalue weighted by atomic mass is 9.95. The molecule has 1 saturated carbocycles. The molecule has 42 heavy (non-hydrogen) atoms. The van der Waals surface area contributed by atoms with Gasteiger partial charge in [0.25, 0.3) is 10.0 Å². The van der Waals surface area contributed by atoms with Crippen LogP contribution in [0.15, 0.2) is 77.7 Å². The van der Waals surface area contributed by atoms with E-state index in [9.17, 15) is 18.0 Å². The molecule has 4 rings (SSSR count). The molecule has 3 aromatic rings. The first-order chi connectivity index (χ1) is 20.1. The number of amides is 2. The van der Waals surface area contributed by atoms with E-state index in [1.165, 1.54) is 21.3 Å². The Bertz CT molecular complexity index is 1470. The molecule has 1 aliphatic carbocycles. The van der Waals surface area contributed by atoms with Crippen LogP contribution in [0.3, 0.4) is 0 Å². The normalized spacial score (nSPS) is 14.7. The van der Waals surface area contributed by atoms with Gasteiger partial charge in [-0.2, -0.15) is 0 Å². The zero-order valence-corrected chi connectivity index (χ0v) is 26.1. The molecule has 0 spiro atoms. The third kappa shape index (κ3) is 7.72. The summed E-state index contributed by atoms with van der Waals surface area (Å²) in [7, 11) is -4.11. The Kier molecular flexibility index (Phi) is 10.7. The van der Waals surface area contributed by atoms with Crippen LogP contribution in [0, 0.1) is 13.8 Å². The monoisotopic (exact) mass is 609 g/mol. The second kappa shape index (κ2) is 14.2. The molecule has 0 aliphatic heterocycles. The number of hydrogen-bond donors (Lipinski definition) is 1. The second-order valence-electron chi connectivity index (χ2n) is 11.0. The van der Waals surface area contributed by atoms with Gasteiger partial charge in [-0.15, -0.1) is 0 Å². The summed E-state index contributed by atoms with van der Waals surface area (Å²) in [4.78, 5) is 29.5. The standard InChI is InChI=1S/C33H40ClN3O4S/c1-4-30(33(39)35-28-11-7-5-8-12-28)36(22-26-17-19-27(34)20-18-26)32(38)23-37(31-21-24(2)15-16-25(31)3)42(40,41)29-13-9-6-10-14-29/h6,9-10,13-21,28,30H,4-5,7-8,11-12,22-23H2,1-3H3,(H,35,39)/t30-/m0/s1. The molecule has 3 aromatic carbocycles. The minimum Gasteiger partial charge on any atom is -0.352 e. The molecule has 1 aliphatic rings. The van der Waals surface area contributed by atoms with Gasteiger partial charge in [0, 0.05) is 17.6 Å². The summed E-state index contributed by atoms with van der Waals surface area (Å²) in [5, 5.41) is 3.74. The van der Waals surface area contributed by atoms with Crippen molar-refractivity contribution in [3.8, 4) is 0 Å². The number of carbonyl (C=O) groups is 2. The van der Waals surface area contributed by atoms with Gasteiger partial charge in [-0.3, -0.25) is 13.9 Å². The number of nitrogens with one attached hydrogen (secondary N) is 1. The van der Waals surface area contributed by atoms with Crippen molar-refractivity contribution in [3.05, 3.63) is 94.5 Å². The fourth-order valence-corrected chi connectivity index (χ4v) is 7.09. The van der Waals surface area contributed by atoms with Gasteiger partial charge < -0.3 is 10.2 Å². The van der Waals surface area contributed by atoms with Crippen LogP contribution in [-0.4, -0.2) is 43.8 Å². The molecule has 0 saturated heterocycles. The number of aryl methyl sites for hydroxylation is 2. The number of rotatable bonds is 11. The molecule has 0 bridgehead atoms. The number of anilines is 1. The smallest absolute Gasteiger partial charge is 0.264 e. The van der Waals surface area contributed by atoms with Crippen molar-refractivity contribution in [2.75, 3.05) is 10.8 Å². The average molecular weight is 610 g/mol. The van der Waals surface area contributed by atoms with E-state index < -0.39 is 28.5 Å². The van der Waals surface area contributed by atoms with Crippen LogP contribution in [0.4, 0.5) is 5.69 Å². The summed E-state index contributed by atoms with van der Waals surface area (Å²) in [5.41, 5.74) is 2.81. The third-order valence-corrected chi connectivity index (χ3v) is 9.87. The lowest BCUT2D eigenvalue weighted by Crippen LogP contribution is -2.54. The van der Waals surface area contributed by atoms with E-state index in [1.807, 2.05) is 45.0 Å². The number of benzene rings is 3. The van der Waals surface area contributed by atoms with Crippen LogP contribution in [0.25, 0.3) is 0 Å². The van der Waals surface area contributed by atoms with E-state index in [2.05, 4.69) is 5.32 Å². The van der Waals surface area contributed by atoms with Crippen molar-refractivity contribution in [1.82, 2.24) is 10.2 Å². The van der Waals surface area contributed by atoms with Crippen molar-refractivity contribution < 1.29 is 18.0 Å². The van der Waals surface area contributed by atoms with Gasteiger partial charge in [-0.05, 0) is 80.1 Å². The quantitative estimate of drug-likeness (QED) is 0.272. The van der Waals surface area contributed by atoms with Gasteiger partial charge in [0.05, 0.1) is 10.6 Å². The van der Waals surface area contributed by atoms with Crippen LogP contribution in [-0.2, 0) is 26.2 Å². The van der Waals surface area contributed by atoms with E-state index in [0.29, 0.717) is 17.1 Å². The van der Waals surface area contributed by atoms with Crippen molar-refractivity contribution in [2.45, 2.75) is 82.8 Å². The van der Waals surface area contributed by atoms with Gasteiger partial charge in [-0.25, -0.2) is 8.42 Å². The van der Waals surface area contributed by atoms with E-state index in [0.717, 1.165) is 48.8 Å². The van der Waals surface area contributed by atoms with Crippen LogP contribution < -0.4 is 9.62 Å². The molecular formula is C33H40ClN3O4S. The summed E-state index contributed by atoms with van der Waals surface area (Å²) in [6, 6.07) is 20.1. The Morgan fingerprint density at radius 1 is 0.952 bits per heavy atom. The fourth-order valence-electron chi connectivity index (χ4n) is 5.47. The molecule has 0 heterocycles. The number of halogens is 1. The molecule has 0 radical (unpaired) electrons. The van der Waals surface area contributed by atoms with Crippen molar-refractivity contribution in [2.24, 2.45) is 0 Å². The van der Waals surface area contributed by atoms with Crippen molar-refractivity contribution in [1.29, 1.82) is 0 Å². The highest BCUT2D eigenvalue weighted by molar-refractivity contribution is 7.92. The van der Waals surface area contributed by atoms with E-state index in [4.69, 9.17) is 11.6 Å². The predicted molar refractivity (Wildman–Crippen MR) is 168 cm³/mol. The Morgan fingerprint density at radius 3 is 2.26 bits per heavy atom. The van der Waals surface area contributed by atoms with E-state index in [-0.39, 0.29) is 23.4 Å². The molecule has 1 N–H and O–H groups in total. The van der Waals surface area contributed by atoms with E-state index in [1.54, 1.807) is 36.4 Å². The Morgan fingerprint density at radius 2 is 1.62 bits per heavy atom. The SMILES string of the molecule is CC[C@@H](C(=O)NC1CCCCC1)N(Cc1ccc(Cl)cc1)C(=O)CN(c1cc(C)ccc1C)S(=O)(=O)c1ccccc1. The number of sulfonamides is 1. The molecule has 0 aromatic heterocycles. The maximum Gasteiger partial charge on any atom is 0.264 e. The lowest BCUT2D eigenvalue weighted by Gasteiger charge is -2.34. The predicted octanol–water partition coefficient (Wildman–Crippen LogP) is 6.41. The molecule has 1 fully saturated rings. The Balaban J connectivity index is 1.72. The van der Waals surface area contributed by atoms with Gasteiger partial charge >= 0.3 is 0 Å². The minimum absolute atomic E-state index is 0.0812. The maximum atomic E-state index is 14.3. The lowest BCUT2D eigenvalue weighted by molar-refractivity contribution is -0.140. The molecule has 0 unspecified atom stereocenters. The van der Waals surface area contributed by atoms with Crippen LogP contribution >= 0.6 is 11.6 Å². The fraction of sp³-hybridized carbons (Fsp3) is 0.394. The first-order valence-electron chi connectivity index (χ1n) is 14.6. The van der Waals surface area contributed by atoms with Crippen LogP contribution in [0.1, 0.15) is 62.1 Å². The highest BCUT2D eigenvalue weighted by Crippen LogP contribution is 2.29. The van der Waals surface area contributed by atoms with Crippen LogP contribution in [0.5, 0.6) is 0 Å². The average Bonchev–Trinajstić information content (AvgIpc) is 2.99.